The van der Waals surface area contributed by atoms with Crippen LogP contribution in [0.4, 0.5) is 0 Å². The first-order chi connectivity index (χ1) is 4.35. The maximum Gasteiger partial charge on any atom is 0.0458 e. The molecule has 0 saturated heterocycles. The van der Waals surface area contributed by atoms with Crippen LogP contribution in [0.15, 0.2) is 22.8 Å². The molecule has 0 amide bonds. The molecule has 0 atom stereocenters. The van der Waals surface area contributed by atoms with Gasteiger partial charge in [-0.1, -0.05) is 13.0 Å². The van der Waals surface area contributed by atoms with Gasteiger partial charge >= 0.3 is 0 Å². The summed E-state index contributed by atoms with van der Waals surface area (Å²) in [4.78, 5) is 4.03. The summed E-state index contributed by atoms with van der Waals surface area (Å²) in [5.74, 6) is 2.78. The van der Waals surface area contributed by atoms with Gasteiger partial charge in [-0.2, -0.15) is 0 Å². The van der Waals surface area contributed by atoms with E-state index in [0.29, 0.717) is 0 Å². The van der Waals surface area contributed by atoms with E-state index < -0.39 is 0 Å². The van der Waals surface area contributed by atoms with Crippen LogP contribution in [0.5, 0.6) is 0 Å². The van der Waals surface area contributed by atoms with E-state index in [2.05, 4.69) is 17.8 Å². The molecule has 0 aromatic rings. The fourth-order valence-corrected chi connectivity index (χ4v) is 0.495. The van der Waals surface area contributed by atoms with Crippen molar-refractivity contribution in [2.24, 2.45) is 4.99 Å². The quantitative estimate of drug-likeness (QED) is 0.500. The van der Waals surface area contributed by atoms with E-state index in [-0.39, 0.29) is 0 Å². The van der Waals surface area contributed by atoms with Crippen molar-refractivity contribution in [1.29, 1.82) is 0 Å². The molecule has 0 bridgehead atoms. The van der Waals surface area contributed by atoms with Crippen molar-refractivity contribution in [1.82, 2.24) is 0 Å². The molecule has 1 heteroatoms. The van der Waals surface area contributed by atoms with E-state index in [1.165, 1.54) is 0 Å². The van der Waals surface area contributed by atoms with Crippen LogP contribution in [-0.4, -0.2) is 5.87 Å². The molecule has 0 radical (unpaired) electrons. The van der Waals surface area contributed by atoms with Crippen molar-refractivity contribution in [3.63, 3.8) is 0 Å². The van der Waals surface area contributed by atoms with Gasteiger partial charge < -0.3 is 0 Å². The van der Waals surface area contributed by atoms with Gasteiger partial charge in [-0.3, -0.25) is 0 Å². The Morgan fingerprint density at radius 1 is 1.56 bits per heavy atom. The van der Waals surface area contributed by atoms with Crippen molar-refractivity contribution in [2.75, 3.05) is 0 Å². The first-order valence-electron chi connectivity index (χ1n) is 3.24. The van der Waals surface area contributed by atoms with Gasteiger partial charge in [0.15, 0.2) is 0 Å². The van der Waals surface area contributed by atoms with Crippen molar-refractivity contribution < 1.29 is 0 Å². The van der Waals surface area contributed by atoms with Crippen LogP contribution in [0, 0.1) is 0 Å². The van der Waals surface area contributed by atoms with Gasteiger partial charge in [-0.25, -0.2) is 4.99 Å². The third-order valence-corrected chi connectivity index (χ3v) is 1.03. The van der Waals surface area contributed by atoms with Gasteiger partial charge in [0, 0.05) is 5.70 Å². The average molecular weight is 123 g/mol. The molecule has 0 saturated carbocycles. The predicted octanol–water partition coefficient (Wildman–Crippen LogP) is 2.55. The lowest BCUT2D eigenvalue weighted by atomic mass is 10.3. The SMILES string of the molecule is CC=C=NC(=CC)CC. The highest BCUT2D eigenvalue weighted by atomic mass is 14.7. The molecule has 0 rings (SSSR count). The summed E-state index contributed by atoms with van der Waals surface area (Å²) in [6.07, 6.45) is 4.78. The van der Waals surface area contributed by atoms with Crippen LogP contribution in [0.2, 0.25) is 0 Å². The lowest BCUT2D eigenvalue weighted by Crippen LogP contribution is -1.70. The Hall–Kier alpha value is -0.810. The molecular formula is C8H13N. The number of hydrogen-bond donors (Lipinski definition) is 0. The fraction of sp³-hybridized carbons (Fsp3) is 0.500. The molecule has 0 aliphatic carbocycles. The van der Waals surface area contributed by atoms with Crippen LogP contribution in [0.25, 0.3) is 0 Å². The summed E-state index contributed by atoms with van der Waals surface area (Å²) in [5, 5.41) is 0. The molecule has 0 aromatic heterocycles. The molecule has 0 aliphatic rings. The topological polar surface area (TPSA) is 12.4 Å². The molecule has 0 spiro atoms. The van der Waals surface area contributed by atoms with E-state index in [1.807, 2.05) is 19.9 Å². The molecule has 0 heterocycles. The highest BCUT2D eigenvalue weighted by Crippen LogP contribution is 1.98. The van der Waals surface area contributed by atoms with Crippen LogP contribution < -0.4 is 0 Å². The van der Waals surface area contributed by atoms with E-state index in [0.717, 1.165) is 12.1 Å². The summed E-state index contributed by atoms with van der Waals surface area (Å²) in [6, 6.07) is 0. The summed E-state index contributed by atoms with van der Waals surface area (Å²) < 4.78 is 0. The van der Waals surface area contributed by atoms with Crippen molar-refractivity contribution in [2.45, 2.75) is 27.2 Å². The van der Waals surface area contributed by atoms with Crippen LogP contribution in [-0.2, 0) is 0 Å². The lowest BCUT2D eigenvalue weighted by Gasteiger charge is -1.87. The Balaban J connectivity index is 4.01. The highest BCUT2D eigenvalue weighted by Gasteiger charge is 1.81. The van der Waals surface area contributed by atoms with Crippen LogP contribution >= 0.6 is 0 Å². The maximum atomic E-state index is 4.03. The van der Waals surface area contributed by atoms with Gasteiger partial charge in [0.2, 0.25) is 0 Å². The number of rotatable bonds is 2. The van der Waals surface area contributed by atoms with Crippen LogP contribution in [0.1, 0.15) is 27.2 Å². The zero-order chi connectivity index (χ0) is 7.11. The molecule has 0 aliphatic heterocycles. The van der Waals surface area contributed by atoms with E-state index >= 15 is 0 Å². The Kier molecular flexibility index (Phi) is 4.85. The maximum absolute atomic E-state index is 4.03. The van der Waals surface area contributed by atoms with Crippen LogP contribution in [0.3, 0.4) is 0 Å². The summed E-state index contributed by atoms with van der Waals surface area (Å²) >= 11 is 0. The smallest absolute Gasteiger partial charge is 0.0458 e. The zero-order valence-corrected chi connectivity index (χ0v) is 6.31. The average Bonchev–Trinajstić information content (AvgIpc) is 1.91. The van der Waals surface area contributed by atoms with E-state index in [1.54, 1.807) is 6.08 Å². The number of nitrogens with zero attached hydrogens (tertiary/aromatic N) is 1. The van der Waals surface area contributed by atoms with Gasteiger partial charge in [-0.05, 0) is 32.2 Å². The highest BCUT2D eigenvalue weighted by molar-refractivity contribution is 5.52. The largest absolute Gasteiger partial charge is 0.211 e. The summed E-state index contributed by atoms with van der Waals surface area (Å²) in [6.45, 7) is 5.97. The summed E-state index contributed by atoms with van der Waals surface area (Å²) in [5.41, 5.74) is 1.09. The second-order valence-electron chi connectivity index (χ2n) is 1.66. The molecule has 0 fully saturated rings. The molecular weight excluding hydrogens is 110 g/mol. The second kappa shape index (κ2) is 5.33. The zero-order valence-electron chi connectivity index (χ0n) is 6.31. The number of allylic oxidation sites excluding steroid dienone is 3. The van der Waals surface area contributed by atoms with Gasteiger partial charge in [-0.15, -0.1) is 0 Å². The third-order valence-electron chi connectivity index (χ3n) is 1.03. The Morgan fingerprint density at radius 3 is 2.56 bits per heavy atom. The normalized spacial score (nSPS) is 10.3. The summed E-state index contributed by atoms with van der Waals surface area (Å²) in [7, 11) is 0. The molecule has 1 nitrogen and oxygen atoms in total. The number of aliphatic imine (C=N–C) groups is 1. The van der Waals surface area contributed by atoms with E-state index in [9.17, 15) is 0 Å². The molecule has 0 aromatic carbocycles. The molecule has 50 valence electrons. The van der Waals surface area contributed by atoms with Gasteiger partial charge in [0.05, 0.1) is 0 Å². The Morgan fingerprint density at radius 2 is 2.22 bits per heavy atom. The molecule has 0 unspecified atom stereocenters. The minimum atomic E-state index is 0.983. The third kappa shape index (κ3) is 3.75. The minimum Gasteiger partial charge on any atom is -0.211 e. The van der Waals surface area contributed by atoms with Gasteiger partial charge in [0.25, 0.3) is 0 Å². The Bertz CT molecular complexity index is 148. The first kappa shape index (κ1) is 8.19. The van der Waals surface area contributed by atoms with Crippen molar-refractivity contribution >= 4 is 5.87 Å². The fourth-order valence-electron chi connectivity index (χ4n) is 0.495. The monoisotopic (exact) mass is 123 g/mol. The van der Waals surface area contributed by atoms with Gasteiger partial charge in [0.1, 0.15) is 0 Å². The number of hydrogen-bond acceptors (Lipinski definition) is 1. The minimum absolute atomic E-state index is 0.983. The standard InChI is InChI=1S/C8H13N/c1-4-7-9-8(5-2)6-3/h4-5H,6H2,1-3H3. The molecule has 0 N–H and O–H groups in total. The Labute approximate surface area is 56.8 Å². The molecule has 9 heavy (non-hydrogen) atoms. The van der Waals surface area contributed by atoms with Crippen molar-refractivity contribution in [3.05, 3.63) is 17.8 Å². The second-order valence-corrected chi connectivity index (χ2v) is 1.66. The van der Waals surface area contributed by atoms with Crippen molar-refractivity contribution in [3.8, 4) is 0 Å². The lowest BCUT2D eigenvalue weighted by molar-refractivity contribution is 1.07. The van der Waals surface area contributed by atoms with E-state index in [4.69, 9.17) is 0 Å². The first-order valence-corrected chi connectivity index (χ1v) is 3.24. The predicted molar refractivity (Wildman–Crippen MR) is 41.7 cm³/mol.